The third kappa shape index (κ3) is 4.15. The van der Waals surface area contributed by atoms with Gasteiger partial charge in [0.1, 0.15) is 11.3 Å². The van der Waals surface area contributed by atoms with E-state index in [4.69, 9.17) is 21.1 Å². The van der Waals surface area contributed by atoms with Gasteiger partial charge in [-0.15, -0.1) is 0 Å². The second-order valence-corrected chi connectivity index (χ2v) is 9.06. The Labute approximate surface area is 201 Å². The van der Waals surface area contributed by atoms with Crippen LogP contribution in [0.1, 0.15) is 18.7 Å². The molecule has 0 radical (unpaired) electrons. The number of fused-ring (bicyclic) bond motifs is 1. The number of para-hydroxylation sites is 1. The Morgan fingerprint density at radius 3 is 2.59 bits per heavy atom. The molecule has 34 heavy (non-hydrogen) atoms. The number of imidazole rings is 1. The minimum Gasteiger partial charge on any atom is -0.371 e. The van der Waals surface area contributed by atoms with Crippen molar-refractivity contribution in [2.75, 3.05) is 18.0 Å². The second kappa shape index (κ2) is 8.91. The standard InChI is InChI=1S/C26H23ClN6O/c27-21-5-2-6-22-24(21)31-25(29-22)18-3-1-4-19(16-18)26-30-23(34-32-26)15-17-9-13-33(14-10-17)20-7-11-28-12-8-20/h1-8,11-12,16-17H,9-10,13-15H2,(H,29,31). The number of aromatic nitrogens is 5. The molecular formula is C26H23ClN6O. The molecule has 0 aliphatic carbocycles. The van der Waals surface area contributed by atoms with Crippen LogP contribution >= 0.6 is 11.6 Å². The lowest BCUT2D eigenvalue weighted by molar-refractivity contribution is 0.325. The van der Waals surface area contributed by atoms with Crippen molar-refractivity contribution in [1.82, 2.24) is 25.1 Å². The van der Waals surface area contributed by atoms with E-state index in [1.165, 1.54) is 5.69 Å². The first-order valence-electron chi connectivity index (χ1n) is 11.5. The highest BCUT2D eigenvalue weighted by Crippen LogP contribution is 2.29. The number of halogens is 1. The number of rotatable bonds is 5. The van der Waals surface area contributed by atoms with Crippen LogP contribution in [0.3, 0.4) is 0 Å². The number of nitrogens with zero attached hydrogens (tertiary/aromatic N) is 5. The number of nitrogens with one attached hydrogen (secondary N) is 1. The van der Waals surface area contributed by atoms with E-state index in [2.05, 4.69) is 37.1 Å². The molecule has 4 heterocycles. The summed E-state index contributed by atoms with van der Waals surface area (Å²) in [5.74, 6) is 2.59. The van der Waals surface area contributed by atoms with Crippen molar-refractivity contribution in [2.24, 2.45) is 5.92 Å². The number of H-pyrrole nitrogens is 1. The second-order valence-electron chi connectivity index (χ2n) is 8.65. The molecular weight excluding hydrogens is 448 g/mol. The fourth-order valence-corrected chi connectivity index (χ4v) is 4.81. The summed E-state index contributed by atoms with van der Waals surface area (Å²) in [7, 11) is 0. The normalized spacial score (nSPS) is 14.7. The zero-order chi connectivity index (χ0) is 22.9. The molecule has 0 unspecified atom stereocenters. The van der Waals surface area contributed by atoms with Crippen molar-refractivity contribution >= 4 is 28.3 Å². The minimum absolute atomic E-state index is 0.540. The molecule has 1 saturated heterocycles. The lowest BCUT2D eigenvalue weighted by atomic mass is 9.93. The first-order chi connectivity index (χ1) is 16.7. The van der Waals surface area contributed by atoms with Crippen LogP contribution in [0.25, 0.3) is 33.8 Å². The molecule has 3 aromatic heterocycles. The maximum atomic E-state index is 6.29. The number of anilines is 1. The van der Waals surface area contributed by atoms with Gasteiger partial charge in [-0.05, 0) is 49.1 Å². The van der Waals surface area contributed by atoms with Crippen molar-refractivity contribution in [1.29, 1.82) is 0 Å². The smallest absolute Gasteiger partial charge is 0.227 e. The summed E-state index contributed by atoms with van der Waals surface area (Å²) >= 11 is 6.29. The quantitative estimate of drug-likeness (QED) is 0.350. The van der Waals surface area contributed by atoms with Gasteiger partial charge in [0.25, 0.3) is 0 Å². The number of hydrogen-bond acceptors (Lipinski definition) is 6. The zero-order valence-corrected chi connectivity index (χ0v) is 19.2. The number of pyridine rings is 1. The molecule has 2 aromatic carbocycles. The Balaban J connectivity index is 1.15. The maximum Gasteiger partial charge on any atom is 0.227 e. The Hall–Kier alpha value is -3.71. The van der Waals surface area contributed by atoms with Gasteiger partial charge in [-0.1, -0.05) is 41.0 Å². The van der Waals surface area contributed by atoms with E-state index in [1.807, 2.05) is 54.9 Å². The van der Waals surface area contributed by atoms with Gasteiger partial charge in [0.05, 0.1) is 10.5 Å². The van der Waals surface area contributed by atoms with Gasteiger partial charge < -0.3 is 14.4 Å². The predicted molar refractivity (Wildman–Crippen MR) is 133 cm³/mol. The van der Waals surface area contributed by atoms with Crippen molar-refractivity contribution in [3.8, 4) is 22.8 Å². The van der Waals surface area contributed by atoms with E-state index < -0.39 is 0 Å². The molecule has 0 amide bonds. The van der Waals surface area contributed by atoms with Crippen LogP contribution < -0.4 is 4.90 Å². The fraction of sp³-hybridized carbons (Fsp3) is 0.231. The topological polar surface area (TPSA) is 83.7 Å². The van der Waals surface area contributed by atoms with Gasteiger partial charge in [-0.2, -0.15) is 4.98 Å². The van der Waals surface area contributed by atoms with E-state index >= 15 is 0 Å². The highest BCUT2D eigenvalue weighted by molar-refractivity contribution is 6.35. The summed E-state index contributed by atoms with van der Waals surface area (Å²) in [5.41, 5.74) is 4.75. The van der Waals surface area contributed by atoms with Gasteiger partial charge in [0, 0.05) is 48.7 Å². The Kier molecular flexibility index (Phi) is 5.47. The molecule has 8 heteroatoms. The average Bonchev–Trinajstić information content (AvgIpc) is 3.54. The lowest BCUT2D eigenvalue weighted by Gasteiger charge is -2.33. The summed E-state index contributed by atoms with van der Waals surface area (Å²) in [6.07, 6.45) is 6.70. The Morgan fingerprint density at radius 2 is 1.76 bits per heavy atom. The summed E-state index contributed by atoms with van der Waals surface area (Å²) < 4.78 is 5.62. The molecule has 1 aliphatic rings. The van der Waals surface area contributed by atoms with Gasteiger partial charge in [-0.3, -0.25) is 4.98 Å². The van der Waals surface area contributed by atoms with E-state index in [0.717, 1.165) is 60.3 Å². The van der Waals surface area contributed by atoms with Crippen molar-refractivity contribution in [3.05, 3.63) is 77.9 Å². The van der Waals surface area contributed by atoms with E-state index in [9.17, 15) is 0 Å². The van der Waals surface area contributed by atoms with Crippen molar-refractivity contribution < 1.29 is 4.52 Å². The number of piperidine rings is 1. The van der Waals surface area contributed by atoms with Crippen LogP contribution in [0.15, 0.2) is 71.5 Å². The highest BCUT2D eigenvalue weighted by Gasteiger charge is 2.22. The summed E-state index contributed by atoms with van der Waals surface area (Å²) in [4.78, 5) is 19.2. The summed E-state index contributed by atoms with van der Waals surface area (Å²) in [6.45, 7) is 2.05. The van der Waals surface area contributed by atoms with Crippen LogP contribution in [-0.2, 0) is 6.42 Å². The molecule has 6 rings (SSSR count). The van der Waals surface area contributed by atoms with E-state index in [-0.39, 0.29) is 0 Å². The average molecular weight is 471 g/mol. The van der Waals surface area contributed by atoms with Crippen LogP contribution in [0, 0.1) is 5.92 Å². The zero-order valence-electron chi connectivity index (χ0n) is 18.5. The van der Waals surface area contributed by atoms with Gasteiger partial charge >= 0.3 is 0 Å². The monoisotopic (exact) mass is 470 g/mol. The molecule has 7 nitrogen and oxygen atoms in total. The largest absolute Gasteiger partial charge is 0.371 e. The Morgan fingerprint density at radius 1 is 0.971 bits per heavy atom. The summed E-state index contributed by atoms with van der Waals surface area (Å²) in [5, 5.41) is 4.88. The van der Waals surface area contributed by atoms with Crippen LogP contribution in [0.5, 0.6) is 0 Å². The summed E-state index contributed by atoms with van der Waals surface area (Å²) in [6, 6.07) is 17.8. The maximum absolute atomic E-state index is 6.29. The van der Waals surface area contributed by atoms with Gasteiger partial charge in [-0.25, -0.2) is 4.98 Å². The lowest BCUT2D eigenvalue weighted by Crippen LogP contribution is -2.34. The van der Waals surface area contributed by atoms with Crippen LogP contribution in [0.4, 0.5) is 5.69 Å². The first kappa shape index (κ1) is 20.9. The number of aromatic amines is 1. The molecule has 5 aromatic rings. The third-order valence-electron chi connectivity index (χ3n) is 6.43. The van der Waals surface area contributed by atoms with Gasteiger partial charge in [0.15, 0.2) is 0 Å². The molecule has 0 bridgehead atoms. The first-order valence-corrected chi connectivity index (χ1v) is 11.8. The molecule has 1 fully saturated rings. The third-order valence-corrected chi connectivity index (χ3v) is 6.74. The molecule has 1 aliphatic heterocycles. The SMILES string of the molecule is Clc1cccc2[nH]c(-c3cccc(-c4noc(CC5CCN(c6ccncc6)CC5)n4)c3)nc12. The number of benzene rings is 2. The molecule has 0 atom stereocenters. The van der Waals surface area contributed by atoms with Crippen LogP contribution in [0.2, 0.25) is 5.02 Å². The molecule has 0 spiro atoms. The van der Waals surface area contributed by atoms with Crippen LogP contribution in [-0.4, -0.2) is 38.2 Å². The van der Waals surface area contributed by atoms with E-state index in [1.54, 1.807) is 0 Å². The number of hydrogen-bond donors (Lipinski definition) is 1. The minimum atomic E-state index is 0.540. The Bertz CT molecular complexity index is 1420. The fourth-order valence-electron chi connectivity index (χ4n) is 4.59. The predicted octanol–water partition coefficient (Wildman–Crippen LogP) is 5.79. The molecule has 170 valence electrons. The molecule has 0 saturated carbocycles. The highest BCUT2D eigenvalue weighted by atomic mass is 35.5. The molecule has 1 N–H and O–H groups in total. The van der Waals surface area contributed by atoms with Crippen molar-refractivity contribution in [2.45, 2.75) is 19.3 Å². The van der Waals surface area contributed by atoms with E-state index in [0.29, 0.717) is 22.7 Å². The van der Waals surface area contributed by atoms with Gasteiger partial charge in [0.2, 0.25) is 11.7 Å². The van der Waals surface area contributed by atoms with Crippen molar-refractivity contribution in [3.63, 3.8) is 0 Å².